The number of alkyl halides is 2. The smallest absolute Gasteiger partial charge is 0.261 e. The largest absolute Gasteiger partial charge is 0.477 e. The number of halogens is 2. The summed E-state index contributed by atoms with van der Waals surface area (Å²) in [7, 11) is 0. The average Bonchev–Trinajstić information content (AvgIpc) is 2.14. The molecule has 0 radical (unpaired) electrons. The molecule has 0 amide bonds. The molecule has 0 aliphatic carbocycles. The van der Waals surface area contributed by atoms with Gasteiger partial charge in [0.15, 0.2) is 5.88 Å². The minimum Gasteiger partial charge on any atom is -0.477 e. The molecule has 1 saturated heterocycles. The zero-order valence-corrected chi connectivity index (χ0v) is 4.73. The summed E-state index contributed by atoms with van der Waals surface area (Å²) in [6, 6.07) is -0.863. The molecule has 0 aromatic rings. The van der Waals surface area contributed by atoms with Gasteiger partial charge in [0.25, 0.3) is 6.43 Å². The van der Waals surface area contributed by atoms with Gasteiger partial charge in [0.1, 0.15) is 12.6 Å². The van der Waals surface area contributed by atoms with E-state index < -0.39 is 12.5 Å². The second kappa shape index (κ2) is 2.21. The molecule has 9 heavy (non-hydrogen) atoms. The van der Waals surface area contributed by atoms with Gasteiger partial charge in [-0.15, -0.1) is 0 Å². The van der Waals surface area contributed by atoms with Crippen LogP contribution < -0.4 is 5.32 Å². The van der Waals surface area contributed by atoms with Crippen molar-refractivity contribution in [1.29, 1.82) is 0 Å². The number of hydrogen-bond acceptors (Lipinski definition) is 2. The SMILES string of the molecule is C=C1NC(C(F)F)CO1. The van der Waals surface area contributed by atoms with Crippen molar-refractivity contribution in [3.8, 4) is 0 Å². The topological polar surface area (TPSA) is 21.3 Å². The number of ether oxygens (including phenoxy) is 1. The van der Waals surface area contributed by atoms with E-state index in [0.717, 1.165) is 0 Å². The molecular weight excluding hydrogens is 128 g/mol. The lowest BCUT2D eigenvalue weighted by atomic mass is 10.3. The maximum atomic E-state index is 11.7. The van der Waals surface area contributed by atoms with Crippen molar-refractivity contribution in [2.45, 2.75) is 12.5 Å². The summed E-state index contributed by atoms with van der Waals surface area (Å²) in [4.78, 5) is 0. The predicted molar refractivity (Wildman–Crippen MR) is 28.0 cm³/mol. The molecule has 1 aliphatic rings. The monoisotopic (exact) mass is 135 g/mol. The molecule has 0 aromatic carbocycles. The number of rotatable bonds is 1. The van der Waals surface area contributed by atoms with E-state index in [-0.39, 0.29) is 12.5 Å². The Balaban J connectivity index is 2.39. The summed E-state index contributed by atoms with van der Waals surface area (Å²) in [5.41, 5.74) is 0. The Morgan fingerprint density at radius 2 is 2.44 bits per heavy atom. The van der Waals surface area contributed by atoms with Gasteiger partial charge >= 0.3 is 0 Å². The van der Waals surface area contributed by atoms with Crippen molar-refractivity contribution in [2.75, 3.05) is 6.61 Å². The van der Waals surface area contributed by atoms with Gasteiger partial charge in [-0.3, -0.25) is 0 Å². The molecule has 0 saturated carbocycles. The Hall–Kier alpha value is -0.800. The van der Waals surface area contributed by atoms with Crippen LogP contribution in [0, 0.1) is 0 Å². The summed E-state index contributed by atoms with van der Waals surface area (Å²) < 4.78 is 28.1. The minimum absolute atomic E-state index is 0.0243. The summed E-state index contributed by atoms with van der Waals surface area (Å²) in [6.07, 6.45) is -2.37. The molecule has 1 rings (SSSR count). The standard InChI is InChI=1S/C5H7F2NO/c1-3-8-4(2-9-3)5(6)7/h4-5,8H,1-2H2. The molecule has 2 nitrogen and oxygen atoms in total. The van der Waals surface area contributed by atoms with Crippen molar-refractivity contribution >= 4 is 0 Å². The molecule has 1 N–H and O–H groups in total. The molecule has 1 atom stereocenters. The first-order valence-electron chi connectivity index (χ1n) is 2.56. The third-order valence-electron chi connectivity index (χ3n) is 1.09. The summed E-state index contributed by atoms with van der Waals surface area (Å²) in [5.74, 6) is 0.236. The van der Waals surface area contributed by atoms with Crippen molar-refractivity contribution in [3.05, 3.63) is 12.5 Å². The van der Waals surface area contributed by atoms with Gasteiger partial charge in [-0.05, 0) is 6.58 Å². The molecule has 52 valence electrons. The van der Waals surface area contributed by atoms with Gasteiger partial charge in [-0.25, -0.2) is 8.78 Å². The second-order valence-corrected chi connectivity index (χ2v) is 1.82. The summed E-state index contributed by atoms with van der Waals surface area (Å²) in [6.45, 7) is 3.34. The van der Waals surface area contributed by atoms with Crippen LogP contribution in [-0.2, 0) is 4.74 Å². The highest BCUT2D eigenvalue weighted by atomic mass is 19.3. The third-order valence-corrected chi connectivity index (χ3v) is 1.09. The van der Waals surface area contributed by atoms with E-state index in [1.54, 1.807) is 0 Å². The van der Waals surface area contributed by atoms with E-state index in [1.807, 2.05) is 0 Å². The van der Waals surface area contributed by atoms with Gasteiger partial charge in [-0.1, -0.05) is 0 Å². The summed E-state index contributed by atoms with van der Waals surface area (Å²) >= 11 is 0. The maximum Gasteiger partial charge on any atom is 0.261 e. The Kier molecular flexibility index (Phi) is 1.55. The van der Waals surface area contributed by atoms with Crippen LogP contribution in [0.2, 0.25) is 0 Å². The Morgan fingerprint density at radius 1 is 1.78 bits per heavy atom. The van der Waals surface area contributed by atoms with E-state index in [4.69, 9.17) is 0 Å². The van der Waals surface area contributed by atoms with Crippen LogP contribution in [0.4, 0.5) is 8.78 Å². The van der Waals surface area contributed by atoms with E-state index in [1.165, 1.54) is 0 Å². The highest BCUT2D eigenvalue weighted by molar-refractivity contribution is 4.91. The van der Waals surface area contributed by atoms with Crippen LogP contribution >= 0.6 is 0 Å². The second-order valence-electron chi connectivity index (χ2n) is 1.82. The van der Waals surface area contributed by atoms with Gasteiger partial charge in [0, 0.05) is 0 Å². The molecule has 1 heterocycles. The van der Waals surface area contributed by atoms with Crippen molar-refractivity contribution in [2.24, 2.45) is 0 Å². The van der Waals surface area contributed by atoms with Gasteiger partial charge in [0.2, 0.25) is 0 Å². The highest BCUT2D eigenvalue weighted by Crippen LogP contribution is 2.10. The third kappa shape index (κ3) is 1.31. The van der Waals surface area contributed by atoms with Crippen LogP contribution in [0.1, 0.15) is 0 Å². The van der Waals surface area contributed by atoms with E-state index in [9.17, 15) is 8.78 Å². The molecule has 0 spiro atoms. The molecule has 1 fully saturated rings. The fourth-order valence-corrected chi connectivity index (χ4v) is 0.616. The lowest BCUT2D eigenvalue weighted by Gasteiger charge is -2.03. The maximum absolute atomic E-state index is 11.7. The quantitative estimate of drug-likeness (QED) is 0.571. The van der Waals surface area contributed by atoms with Crippen LogP contribution in [0.25, 0.3) is 0 Å². The molecule has 1 unspecified atom stereocenters. The zero-order valence-electron chi connectivity index (χ0n) is 4.73. The van der Waals surface area contributed by atoms with Crippen molar-refractivity contribution in [3.63, 3.8) is 0 Å². The molecule has 0 aromatic heterocycles. The average molecular weight is 135 g/mol. The normalized spacial score (nSPS) is 26.1. The predicted octanol–water partition coefficient (Wildman–Crippen LogP) is 0.711. The fraction of sp³-hybridized carbons (Fsp3) is 0.600. The number of nitrogens with one attached hydrogen (secondary N) is 1. The lowest BCUT2D eigenvalue weighted by Crippen LogP contribution is -2.30. The van der Waals surface area contributed by atoms with Gasteiger partial charge in [0.05, 0.1) is 0 Å². The van der Waals surface area contributed by atoms with Gasteiger partial charge < -0.3 is 10.1 Å². The Morgan fingerprint density at radius 3 is 2.67 bits per heavy atom. The fourth-order valence-electron chi connectivity index (χ4n) is 0.616. The van der Waals surface area contributed by atoms with Crippen molar-refractivity contribution in [1.82, 2.24) is 5.32 Å². The van der Waals surface area contributed by atoms with E-state index >= 15 is 0 Å². The van der Waals surface area contributed by atoms with Crippen LogP contribution in [-0.4, -0.2) is 19.1 Å². The van der Waals surface area contributed by atoms with Crippen molar-refractivity contribution < 1.29 is 13.5 Å². The first-order valence-corrected chi connectivity index (χ1v) is 2.56. The zero-order chi connectivity index (χ0) is 6.85. The first-order chi connectivity index (χ1) is 4.20. The van der Waals surface area contributed by atoms with Crippen LogP contribution in [0.5, 0.6) is 0 Å². The first kappa shape index (κ1) is 6.32. The highest BCUT2D eigenvalue weighted by Gasteiger charge is 2.26. The number of hydrogen-bond donors (Lipinski definition) is 1. The molecular formula is C5H7F2NO. The van der Waals surface area contributed by atoms with E-state index in [2.05, 4.69) is 16.6 Å². The van der Waals surface area contributed by atoms with Gasteiger partial charge in [-0.2, -0.15) is 0 Å². The van der Waals surface area contributed by atoms with E-state index in [0.29, 0.717) is 0 Å². The Labute approximate surface area is 51.5 Å². The minimum atomic E-state index is -2.37. The summed E-state index contributed by atoms with van der Waals surface area (Å²) in [5, 5.41) is 2.39. The molecule has 0 bridgehead atoms. The van der Waals surface area contributed by atoms with Crippen LogP contribution in [0.15, 0.2) is 12.5 Å². The molecule has 1 aliphatic heterocycles. The lowest BCUT2D eigenvalue weighted by molar-refractivity contribution is 0.0986. The molecule has 4 heteroatoms. The van der Waals surface area contributed by atoms with Crippen LogP contribution in [0.3, 0.4) is 0 Å². The Bertz CT molecular complexity index is 126.